The van der Waals surface area contributed by atoms with Gasteiger partial charge in [0.2, 0.25) is 5.91 Å². The van der Waals surface area contributed by atoms with Crippen molar-refractivity contribution in [3.05, 3.63) is 77.4 Å². The van der Waals surface area contributed by atoms with Crippen LogP contribution in [0.15, 0.2) is 54.6 Å². The second-order valence-electron chi connectivity index (χ2n) is 6.67. The molecule has 0 bridgehead atoms. The number of carbonyl (C=O) groups is 1. The molecule has 0 N–H and O–H groups in total. The minimum Gasteiger partial charge on any atom is -0.489 e. The van der Waals surface area contributed by atoms with Gasteiger partial charge < -0.3 is 9.64 Å². The maximum atomic E-state index is 13.6. The van der Waals surface area contributed by atoms with E-state index in [1.54, 1.807) is 30.1 Å². The molecule has 3 rings (SSSR count). The van der Waals surface area contributed by atoms with Crippen molar-refractivity contribution in [2.24, 2.45) is 0 Å². The van der Waals surface area contributed by atoms with E-state index in [9.17, 15) is 9.18 Å². The highest BCUT2D eigenvalue weighted by Crippen LogP contribution is 2.19. The second kappa shape index (κ2) is 8.69. The summed E-state index contributed by atoms with van der Waals surface area (Å²) in [5.41, 5.74) is 3.68. The van der Waals surface area contributed by atoms with Crippen molar-refractivity contribution in [2.45, 2.75) is 20.3 Å². The summed E-state index contributed by atoms with van der Waals surface area (Å²) < 4.78 is 20.9. The van der Waals surface area contributed by atoms with Crippen LogP contribution in [-0.4, -0.2) is 40.8 Å². The maximum absolute atomic E-state index is 13.6. The van der Waals surface area contributed by atoms with Gasteiger partial charge in [0.1, 0.15) is 6.61 Å². The molecule has 0 aliphatic heterocycles. The van der Waals surface area contributed by atoms with Gasteiger partial charge in [0.05, 0.1) is 24.3 Å². The van der Waals surface area contributed by atoms with E-state index in [1.807, 2.05) is 48.9 Å². The third-order valence-corrected chi connectivity index (χ3v) is 4.72. The number of hydrogen-bond acceptors (Lipinski definition) is 3. The average molecular weight is 381 g/mol. The minimum absolute atomic E-state index is 0.0315. The molecule has 28 heavy (non-hydrogen) atoms. The van der Waals surface area contributed by atoms with Crippen LogP contribution in [0.1, 0.15) is 17.0 Å². The Morgan fingerprint density at radius 2 is 1.79 bits per heavy atom. The number of likely N-dealkylation sites (N-methyl/N-ethyl adjacent to an activating group) is 1. The number of halogens is 1. The number of rotatable bonds is 7. The SMILES string of the molecule is Cc1nn(-c2ccccc2)c(C)c1CC(=O)N(C)CCOc1ccccc1F. The number of aryl methyl sites for hydroxylation is 1. The van der Waals surface area contributed by atoms with Gasteiger partial charge in [-0.25, -0.2) is 9.07 Å². The molecule has 0 aliphatic rings. The van der Waals surface area contributed by atoms with Crippen LogP contribution in [0.4, 0.5) is 4.39 Å². The predicted molar refractivity (Wildman–Crippen MR) is 106 cm³/mol. The smallest absolute Gasteiger partial charge is 0.226 e. The van der Waals surface area contributed by atoms with Crippen molar-refractivity contribution in [1.82, 2.24) is 14.7 Å². The molecule has 1 amide bonds. The fourth-order valence-corrected chi connectivity index (χ4v) is 3.02. The lowest BCUT2D eigenvalue weighted by atomic mass is 10.1. The molecular weight excluding hydrogens is 357 g/mol. The second-order valence-corrected chi connectivity index (χ2v) is 6.67. The fraction of sp³-hybridized carbons (Fsp3) is 0.273. The van der Waals surface area contributed by atoms with Crippen molar-refractivity contribution in [1.29, 1.82) is 0 Å². The summed E-state index contributed by atoms with van der Waals surface area (Å²) in [5, 5.41) is 4.58. The Morgan fingerprint density at radius 1 is 1.11 bits per heavy atom. The van der Waals surface area contributed by atoms with Gasteiger partial charge in [-0.15, -0.1) is 0 Å². The number of carbonyl (C=O) groups excluding carboxylic acids is 1. The molecule has 0 atom stereocenters. The zero-order chi connectivity index (χ0) is 20.1. The lowest BCUT2D eigenvalue weighted by Gasteiger charge is -2.18. The Bertz CT molecular complexity index is 954. The zero-order valence-corrected chi connectivity index (χ0v) is 16.4. The van der Waals surface area contributed by atoms with Crippen molar-refractivity contribution < 1.29 is 13.9 Å². The lowest BCUT2D eigenvalue weighted by Crippen LogP contribution is -2.32. The van der Waals surface area contributed by atoms with E-state index in [0.29, 0.717) is 6.54 Å². The van der Waals surface area contributed by atoms with E-state index >= 15 is 0 Å². The van der Waals surface area contributed by atoms with Gasteiger partial charge in [-0.1, -0.05) is 30.3 Å². The normalized spacial score (nSPS) is 10.7. The first-order chi connectivity index (χ1) is 13.5. The molecular formula is C22H24FN3O2. The highest BCUT2D eigenvalue weighted by atomic mass is 19.1. The maximum Gasteiger partial charge on any atom is 0.226 e. The molecule has 146 valence electrons. The lowest BCUT2D eigenvalue weighted by molar-refractivity contribution is -0.129. The number of aromatic nitrogens is 2. The Labute approximate surface area is 164 Å². The molecule has 6 heteroatoms. The summed E-state index contributed by atoms with van der Waals surface area (Å²) in [7, 11) is 1.72. The zero-order valence-electron chi connectivity index (χ0n) is 16.4. The van der Waals surface area contributed by atoms with Gasteiger partial charge in [-0.05, 0) is 38.1 Å². The molecule has 0 saturated carbocycles. The van der Waals surface area contributed by atoms with E-state index in [1.165, 1.54) is 6.07 Å². The summed E-state index contributed by atoms with van der Waals surface area (Å²) >= 11 is 0. The summed E-state index contributed by atoms with van der Waals surface area (Å²) in [6.45, 7) is 4.48. The van der Waals surface area contributed by atoms with Crippen LogP contribution < -0.4 is 4.74 Å². The number of hydrogen-bond donors (Lipinski definition) is 0. The number of ether oxygens (including phenoxy) is 1. The van der Waals surface area contributed by atoms with Gasteiger partial charge >= 0.3 is 0 Å². The van der Waals surface area contributed by atoms with Gasteiger partial charge in [-0.2, -0.15) is 5.10 Å². The standard InChI is InChI=1S/C22H24FN3O2/c1-16-19(17(2)26(24-16)18-9-5-4-6-10-18)15-22(27)25(3)13-14-28-21-12-8-7-11-20(21)23/h4-12H,13-15H2,1-3H3. The van der Waals surface area contributed by atoms with E-state index in [-0.39, 0.29) is 24.7 Å². The summed E-state index contributed by atoms with van der Waals surface area (Å²) in [5.74, 6) is -0.244. The molecule has 2 aromatic carbocycles. The Kier molecular flexibility index (Phi) is 6.09. The van der Waals surface area contributed by atoms with Crippen LogP contribution in [0.3, 0.4) is 0 Å². The van der Waals surface area contributed by atoms with E-state index in [4.69, 9.17) is 4.74 Å². The van der Waals surface area contributed by atoms with Crippen molar-refractivity contribution in [3.8, 4) is 11.4 Å². The van der Waals surface area contributed by atoms with Gasteiger partial charge in [0.25, 0.3) is 0 Å². The predicted octanol–water partition coefficient (Wildman–Crippen LogP) is 3.71. The molecule has 3 aromatic rings. The highest BCUT2D eigenvalue weighted by Gasteiger charge is 2.18. The van der Waals surface area contributed by atoms with Crippen molar-refractivity contribution in [3.63, 3.8) is 0 Å². The first-order valence-corrected chi connectivity index (χ1v) is 9.19. The van der Waals surface area contributed by atoms with Crippen LogP contribution in [0.2, 0.25) is 0 Å². The highest BCUT2D eigenvalue weighted by molar-refractivity contribution is 5.79. The Balaban J connectivity index is 1.61. The molecule has 0 fully saturated rings. The fourth-order valence-electron chi connectivity index (χ4n) is 3.02. The summed E-state index contributed by atoms with van der Waals surface area (Å²) in [4.78, 5) is 14.2. The molecule has 1 heterocycles. The van der Waals surface area contributed by atoms with Crippen LogP contribution in [-0.2, 0) is 11.2 Å². The van der Waals surface area contributed by atoms with Gasteiger partial charge in [-0.3, -0.25) is 4.79 Å². The third kappa shape index (κ3) is 4.39. The van der Waals surface area contributed by atoms with E-state index in [2.05, 4.69) is 5.10 Å². The summed E-state index contributed by atoms with van der Waals surface area (Å²) in [6.07, 6.45) is 0.265. The third-order valence-electron chi connectivity index (χ3n) is 4.72. The molecule has 5 nitrogen and oxygen atoms in total. The van der Waals surface area contributed by atoms with Crippen LogP contribution in [0, 0.1) is 19.7 Å². The van der Waals surface area contributed by atoms with Crippen LogP contribution >= 0.6 is 0 Å². The largest absolute Gasteiger partial charge is 0.489 e. The molecule has 1 aromatic heterocycles. The topological polar surface area (TPSA) is 47.4 Å². The van der Waals surface area contributed by atoms with Crippen molar-refractivity contribution in [2.75, 3.05) is 20.2 Å². The van der Waals surface area contributed by atoms with Gasteiger partial charge in [0.15, 0.2) is 11.6 Å². The number of amides is 1. The van der Waals surface area contributed by atoms with E-state index in [0.717, 1.165) is 22.6 Å². The number of para-hydroxylation sites is 2. The molecule has 0 unspecified atom stereocenters. The first kappa shape index (κ1) is 19.6. The van der Waals surface area contributed by atoms with Crippen molar-refractivity contribution >= 4 is 5.91 Å². The number of nitrogens with zero attached hydrogens (tertiary/aromatic N) is 3. The van der Waals surface area contributed by atoms with Crippen LogP contribution in [0.25, 0.3) is 5.69 Å². The van der Waals surface area contributed by atoms with E-state index < -0.39 is 5.82 Å². The first-order valence-electron chi connectivity index (χ1n) is 9.19. The van der Waals surface area contributed by atoms with Crippen LogP contribution in [0.5, 0.6) is 5.75 Å². The molecule has 0 aliphatic carbocycles. The Morgan fingerprint density at radius 3 is 2.50 bits per heavy atom. The average Bonchev–Trinajstić information content (AvgIpc) is 2.98. The quantitative estimate of drug-likeness (QED) is 0.627. The molecule has 0 spiro atoms. The van der Waals surface area contributed by atoms with Gasteiger partial charge in [0, 0.05) is 18.3 Å². The number of benzene rings is 2. The molecule has 0 radical (unpaired) electrons. The summed E-state index contributed by atoms with van der Waals surface area (Å²) in [6, 6.07) is 16.1. The Hall–Kier alpha value is -3.15. The minimum atomic E-state index is -0.406. The molecule has 0 saturated heterocycles. The monoisotopic (exact) mass is 381 g/mol.